The van der Waals surface area contributed by atoms with Gasteiger partial charge in [0.2, 0.25) is 5.75 Å². The van der Waals surface area contributed by atoms with Crippen LogP contribution in [0.3, 0.4) is 0 Å². The van der Waals surface area contributed by atoms with Crippen LogP contribution in [-0.4, -0.2) is 49.0 Å². The molecule has 0 spiro atoms. The molecule has 0 aromatic heterocycles. The zero-order valence-electron chi connectivity index (χ0n) is 18.6. The van der Waals surface area contributed by atoms with E-state index in [1.807, 2.05) is 62.4 Å². The lowest BCUT2D eigenvalue weighted by atomic mass is 9.88. The highest BCUT2D eigenvalue weighted by Crippen LogP contribution is 2.38. The van der Waals surface area contributed by atoms with Crippen molar-refractivity contribution in [3.8, 4) is 17.2 Å². The Morgan fingerprint density at radius 2 is 1.80 bits per heavy atom. The second-order valence-corrected chi connectivity index (χ2v) is 8.30. The van der Waals surface area contributed by atoms with Crippen molar-refractivity contribution in [2.45, 2.75) is 57.7 Å². The first-order chi connectivity index (χ1) is 14.4. The SMILES string of the molecule is CC1CCC(CC(C)(O)c2ccccc2)N1C.CCOc1cccc2c1OCCO2. The second-order valence-electron chi connectivity index (χ2n) is 8.30. The molecule has 2 aromatic rings. The summed E-state index contributed by atoms with van der Waals surface area (Å²) in [5.74, 6) is 2.27. The molecule has 1 N–H and O–H groups in total. The van der Waals surface area contributed by atoms with E-state index in [0.29, 0.717) is 31.9 Å². The molecule has 1 saturated heterocycles. The molecule has 3 unspecified atom stereocenters. The first-order valence-electron chi connectivity index (χ1n) is 10.9. The number of likely N-dealkylation sites (tertiary alicyclic amines) is 1. The van der Waals surface area contributed by atoms with E-state index in [0.717, 1.165) is 29.2 Å². The summed E-state index contributed by atoms with van der Waals surface area (Å²) < 4.78 is 16.3. The third-order valence-electron chi connectivity index (χ3n) is 6.05. The van der Waals surface area contributed by atoms with Crippen LogP contribution in [0, 0.1) is 0 Å². The van der Waals surface area contributed by atoms with E-state index in [2.05, 4.69) is 18.9 Å². The minimum atomic E-state index is -0.718. The molecule has 5 heteroatoms. The molecular weight excluding hydrogens is 378 g/mol. The van der Waals surface area contributed by atoms with Crippen molar-refractivity contribution in [3.05, 3.63) is 54.1 Å². The molecule has 2 aromatic carbocycles. The summed E-state index contributed by atoms with van der Waals surface area (Å²) >= 11 is 0. The summed E-state index contributed by atoms with van der Waals surface area (Å²) in [5, 5.41) is 10.6. The second kappa shape index (κ2) is 10.2. The molecule has 0 aliphatic carbocycles. The zero-order valence-corrected chi connectivity index (χ0v) is 18.6. The summed E-state index contributed by atoms with van der Waals surface area (Å²) in [6, 6.07) is 16.8. The fourth-order valence-corrected chi connectivity index (χ4v) is 4.14. The Balaban J connectivity index is 0.000000177. The molecule has 0 saturated carbocycles. The Hall–Kier alpha value is -2.24. The van der Waals surface area contributed by atoms with Gasteiger partial charge in [-0.15, -0.1) is 0 Å². The first-order valence-corrected chi connectivity index (χ1v) is 10.9. The van der Waals surface area contributed by atoms with Gasteiger partial charge in [-0.1, -0.05) is 36.4 Å². The van der Waals surface area contributed by atoms with E-state index in [1.54, 1.807) is 0 Å². The minimum Gasteiger partial charge on any atom is -0.490 e. The maximum absolute atomic E-state index is 10.6. The van der Waals surface area contributed by atoms with Gasteiger partial charge in [-0.05, 0) is 64.8 Å². The zero-order chi connectivity index (χ0) is 21.6. The van der Waals surface area contributed by atoms with Crippen LogP contribution in [0.1, 0.15) is 45.6 Å². The van der Waals surface area contributed by atoms with E-state index in [1.165, 1.54) is 12.8 Å². The van der Waals surface area contributed by atoms with Gasteiger partial charge in [0, 0.05) is 12.1 Å². The summed E-state index contributed by atoms with van der Waals surface area (Å²) in [7, 11) is 2.17. The topological polar surface area (TPSA) is 51.2 Å². The minimum absolute atomic E-state index is 0.500. The highest BCUT2D eigenvalue weighted by atomic mass is 16.6. The van der Waals surface area contributed by atoms with Gasteiger partial charge in [-0.25, -0.2) is 0 Å². The lowest BCUT2D eigenvalue weighted by Crippen LogP contribution is -2.36. The molecule has 4 rings (SSSR count). The smallest absolute Gasteiger partial charge is 0.203 e. The number of aliphatic hydroxyl groups is 1. The van der Waals surface area contributed by atoms with Crippen LogP contribution < -0.4 is 14.2 Å². The van der Waals surface area contributed by atoms with Crippen LogP contribution in [0.15, 0.2) is 48.5 Å². The molecule has 0 bridgehead atoms. The van der Waals surface area contributed by atoms with Crippen LogP contribution in [0.5, 0.6) is 17.2 Å². The number of ether oxygens (including phenoxy) is 3. The highest BCUT2D eigenvalue weighted by molar-refractivity contribution is 5.51. The van der Waals surface area contributed by atoms with Crippen molar-refractivity contribution >= 4 is 0 Å². The number of nitrogens with zero attached hydrogens (tertiary/aromatic N) is 1. The predicted octanol–water partition coefficient (Wildman–Crippen LogP) is 4.62. The third kappa shape index (κ3) is 5.46. The molecule has 5 nitrogen and oxygen atoms in total. The van der Waals surface area contributed by atoms with Crippen LogP contribution in [0.4, 0.5) is 0 Å². The number of benzene rings is 2. The van der Waals surface area contributed by atoms with Crippen molar-refractivity contribution in [1.29, 1.82) is 0 Å². The monoisotopic (exact) mass is 413 g/mol. The van der Waals surface area contributed by atoms with Gasteiger partial charge >= 0.3 is 0 Å². The summed E-state index contributed by atoms with van der Waals surface area (Å²) in [5.41, 5.74) is 0.303. The lowest BCUT2D eigenvalue weighted by molar-refractivity contribution is 0.0224. The fourth-order valence-electron chi connectivity index (χ4n) is 4.14. The number of para-hydroxylation sites is 1. The van der Waals surface area contributed by atoms with Gasteiger partial charge in [-0.3, -0.25) is 0 Å². The summed E-state index contributed by atoms with van der Waals surface area (Å²) in [4.78, 5) is 2.40. The van der Waals surface area contributed by atoms with Crippen LogP contribution in [-0.2, 0) is 5.60 Å². The number of hydrogen-bond acceptors (Lipinski definition) is 5. The van der Waals surface area contributed by atoms with E-state index in [-0.39, 0.29) is 0 Å². The molecule has 2 heterocycles. The molecule has 2 aliphatic heterocycles. The van der Waals surface area contributed by atoms with Crippen molar-refractivity contribution in [3.63, 3.8) is 0 Å². The Labute approximate surface area is 180 Å². The normalized spacial score (nSPS) is 22.6. The van der Waals surface area contributed by atoms with Crippen LogP contribution in [0.25, 0.3) is 0 Å². The van der Waals surface area contributed by atoms with Gasteiger partial charge in [0.15, 0.2) is 11.5 Å². The van der Waals surface area contributed by atoms with Gasteiger partial charge in [-0.2, -0.15) is 0 Å². The molecule has 30 heavy (non-hydrogen) atoms. The van der Waals surface area contributed by atoms with Crippen molar-refractivity contribution < 1.29 is 19.3 Å². The van der Waals surface area contributed by atoms with Gasteiger partial charge in [0.25, 0.3) is 0 Å². The van der Waals surface area contributed by atoms with Crippen LogP contribution >= 0.6 is 0 Å². The number of hydrogen-bond donors (Lipinski definition) is 1. The first kappa shape index (κ1) is 22.4. The Morgan fingerprint density at radius 1 is 1.07 bits per heavy atom. The molecule has 164 valence electrons. The quantitative estimate of drug-likeness (QED) is 0.775. The third-order valence-corrected chi connectivity index (χ3v) is 6.05. The average molecular weight is 414 g/mol. The van der Waals surface area contributed by atoms with E-state index in [9.17, 15) is 5.11 Å². The predicted molar refractivity (Wildman–Crippen MR) is 119 cm³/mol. The van der Waals surface area contributed by atoms with E-state index in [4.69, 9.17) is 14.2 Å². The van der Waals surface area contributed by atoms with Crippen LogP contribution in [0.2, 0.25) is 0 Å². The molecule has 0 amide bonds. The molecule has 0 radical (unpaired) electrons. The van der Waals surface area contributed by atoms with Gasteiger partial charge in [0.1, 0.15) is 13.2 Å². The molecule has 1 fully saturated rings. The standard InChI is InChI=1S/C15H23NO.C10H12O3/c1-12-9-10-14(16(12)3)11-15(2,17)13-7-5-4-6-8-13;1-2-11-8-4-3-5-9-10(8)13-7-6-12-9/h4-8,12,14,17H,9-11H2,1-3H3;3-5H,2,6-7H2,1H3. The molecule has 3 atom stereocenters. The van der Waals surface area contributed by atoms with Crippen molar-refractivity contribution in [2.24, 2.45) is 0 Å². The van der Waals surface area contributed by atoms with Gasteiger partial charge < -0.3 is 24.2 Å². The average Bonchev–Trinajstić information content (AvgIpc) is 3.07. The van der Waals surface area contributed by atoms with Crippen molar-refractivity contribution in [2.75, 3.05) is 26.9 Å². The Bertz CT molecular complexity index is 793. The molecular formula is C25H35NO4. The largest absolute Gasteiger partial charge is 0.490 e. The summed E-state index contributed by atoms with van der Waals surface area (Å²) in [6.45, 7) is 7.99. The lowest BCUT2D eigenvalue weighted by Gasteiger charge is -2.31. The Kier molecular flexibility index (Phi) is 7.62. The molecule has 2 aliphatic rings. The van der Waals surface area contributed by atoms with E-state index < -0.39 is 5.60 Å². The maximum atomic E-state index is 10.6. The van der Waals surface area contributed by atoms with E-state index >= 15 is 0 Å². The maximum Gasteiger partial charge on any atom is 0.203 e. The van der Waals surface area contributed by atoms with Gasteiger partial charge in [0.05, 0.1) is 12.2 Å². The summed E-state index contributed by atoms with van der Waals surface area (Å²) in [6.07, 6.45) is 3.25. The highest BCUT2D eigenvalue weighted by Gasteiger charge is 2.34. The van der Waals surface area contributed by atoms with Crippen molar-refractivity contribution in [1.82, 2.24) is 4.90 Å². The number of rotatable bonds is 5. The Morgan fingerprint density at radius 3 is 2.47 bits per heavy atom. The number of fused-ring (bicyclic) bond motifs is 1. The fraction of sp³-hybridized carbons (Fsp3) is 0.520.